The largest absolute Gasteiger partial charge is 0.343 e. The van der Waals surface area contributed by atoms with Gasteiger partial charge in [-0.05, 0) is 36.8 Å². The zero-order valence-electron chi connectivity index (χ0n) is 19.6. The van der Waals surface area contributed by atoms with Crippen LogP contribution in [0.1, 0.15) is 42.9 Å². The van der Waals surface area contributed by atoms with Gasteiger partial charge >= 0.3 is 0 Å². The summed E-state index contributed by atoms with van der Waals surface area (Å²) < 4.78 is 0. The number of nitrogens with one attached hydrogen (secondary N) is 1. The van der Waals surface area contributed by atoms with E-state index in [0.29, 0.717) is 25.0 Å². The summed E-state index contributed by atoms with van der Waals surface area (Å²) in [7, 11) is 0. The average molecular weight is 459 g/mol. The van der Waals surface area contributed by atoms with Gasteiger partial charge in [0.05, 0.1) is 6.04 Å². The van der Waals surface area contributed by atoms with E-state index in [1.807, 2.05) is 12.1 Å². The molecule has 8 heteroatoms. The second-order valence-corrected chi connectivity index (χ2v) is 9.37. The summed E-state index contributed by atoms with van der Waals surface area (Å²) in [6.45, 7) is 3.31. The quantitative estimate of drug-likeness (QED) is 0.517. The van der Waals surface area contributed by atoms with E-state index in [1.54, 1.807) is 0 Å². The van der Waals surface area contributed by atoms with Crippen molar-refractivity contribution in [3.05, 3.63) is 71.8 Å². The average Bonchev–Trinajstić information content (AvgIpc) is 2.88. The van der Waals surface area contributed by atoms with Crippen LogP contribution in [0.15, 0.2) is 60.7 Å². The highest BCUT2D eigenvalue weighted by molar-refractivity contribution is 5.49. The van der Waals surface area contributed by atoms with E-state index in [9.17, 15) is 0 Å². The minimum absolute atomic E-state index is 0.0109. The van der Waals surface area contributed by atoms with Gasteiger partial charge < -0.3 is 26.6 Å². The Morgan fingerprint density at radius 2 is 1.24 bits per heavy atom. The highest BCUT2D eigenvalue weighted by Crippen LogP contribution is 2.28. The van der Waals surface area contributed by atoms with E-state index in [1.165, 1.54) is 6.42 Å². The van der Waals surface area contributed by atoms with E-state index >= 15 is 0 Å². The van der Waals surface area contributed by atoms with E-state index in [4.69, 9.17) is 26.4 Å². The fourth-order valence-electron chi connectivity index (χ4n) is 4.92. The molecule has 2 fully saturated rings. The molecular formula is C26H34N8. The summed E-state index contributed by atoms with van der Waals surface area (Å²) in [6, 6.07) is 20.7. The molecule has 2 aliphatic heterocycles. The summed E-state index contributed by atoms with van der Waals surface area (Å²) in [5.74, 6) is 1.93. The number of benzene rings is 2. The number of aromatic nitrogens is 3. The Balaban J connectivity index is 1.52. The van der Waals surface area contributed by atoms with Crippen LogP contribution >= 0.6 is 0 Å². The maximum absolute atomic E-state index is 6.29. The number of hydrogen-bond donors (Lipinski definition) is 3. The monoisotopic (exact) mass is 458 g/mol. The molecule has 0 aliphatic carbocycles. The van der Waals surface area contributed by atoms with E-state index in [2.05, 4.69) is 63.6 Å². The minimum Gasteiger partial charge on any atom is -0.343 e. The summed E-state index contributed by atoms with van der Waals surface area (Å²) in [5.41, 5.74) is 14.9. The first kappa shape index (κ1) is 22.6. The molecule has 1 aromatic heterocycles. The molecule has 8 nitrogen and oxygen atoms in total. The van der Waals surface area contributed by atoms with Crippen LogP contribution in [0, 0.1) is 0 Å². The molecule has 34 heavy (non-hydrogen) atoms. The van der Waals surface area contributed by atoms with Crippen molar-refractivity contribution in [2.75, 3.05) is 41.3 Å². The van der Waals surface area contributed by atoms with Crippen molar-refractivity contribution in [3.63, 3.8) is 0 Å². The highest BCUT2D eigenvalue weighted by Gasteiger charge is 2.27. The third-order valence-corrected chi connectivity index (χ3v) is 6.59. The first-order valence-corrected chi connectivity index (χ1v) is 12.3. The smallest absolute Gasteiger partial charge is 0.232 e. The van der Waals surface area contributed by atoms with Gasteiger partial charge in [0.1, 0.15) is 0 Å². The molecule has 5 N–H and O–H groups in total. The van der Waals surface area contributed by atoms with Crippen LogP contribution in [-0.4, -0.2) is 53.2 Å². The lowest BCUT2D eigenvalue weighted by Crippen LogP contribution is -2.53. The highest BCUT2D eigenvalue weighted by atomic mass is 15.4. The molecule has 0 saturated carbocycles. The van der Waals surface area contributed by atoms with Crippen LogP contribution in [0.2, 0.25) is 0 Å². The standard InChI is InChI=1S/C26H34N8/c27-21-16-22(28)18-34(17-21)26-31-24(30-25(32-26)33-14-8-3-9-15-33)29-23(19-10-4-1-5-11-19)20-12-6-2-7-13-20/h1-2,4-7,10-13,21-23H,3,8-9,14-18,27-28H2,(H,29,30,31,32)/t21-,22+. The normalized spacial score (nSPS) is 21.0. The molecule has 2 aliphatic rings. The van der Waals surface area contributed by atoms with Crippen molar-refractivity contribution in [1.29, 1.82) is 0 Å². The van der Waals surface area contributed by atoms with Crippen LogP contribution in [0.25, 0.3) is 0 Å². The first-order chi connectivity index (χ1) is 16.7. The molecule has 2 saturated heterocycles. The van der Waals surface area contributed by atoms with Crippen LogP contribution in [0.4, 0.5) is 17.8 Å². The Kier molecular flexibility index (Phi) is 6.87. The molecular weight excluding hydrogens is 424 g/mol. The molecule has 0 spiro atoms. The second-order valence-electron chi connectivity index (χ2n) is 9.37. The number of nitrogens with two attached hydrogens (primary N) is 2. The van der Waals surface area contributed by atoms with Gasteiger partial charge in [-0.3, -0.25) is 0 Å². The number of nitrogens with zero attached hydrogens (tertiary/aromatic N) is 5. The molecule has 0 radical (unpaired) electrons. The van der Waals surface area contributed by atoms with Gasteiger partial charge in [-0.1, -0.05) is 60.7 Å². The van der Waals surface area contributed by atoms with Gasteiger partial charge in [-0.25, -0.2) is 0 Å². The van der Waals surface area contributed by atoms with Crippen molar-refractivity contribution < 1.29 is 0 Å². The number of rotatable bonds is 6. The van der Waals surface area contributed by atoms with Crippen molar-refractivity contribution in [3.8, 4) is 0 Å². The fraction of sp³-hybridized carbons (Fsp3) is 0.423. The van der Waals surface area contributed by atoms with Crippen LogP contribution in [0.3, 0.4) is 0 Å². The molecule has 2 aromatic carbocycles. The van der Waals surface area contributed by atoms with Gasteiger partial charge in [0.15, 0.2) is 0 Å². The summed E-state index contributed by atoms with van der Waals surface area (Å²) in [4.78, 5) is 19.0. The molecule has 5 rings (SSSR count). The Hall–Kier alpha value is -3.23. The summed E-state index contributed by atoms with van der Waals surface area (Å²) in [5, 5.41) is 3.61. The minimum atomic E-state index is -0.0854. The lowest BCUT2D eigenvalue weighted by molar-refractivity contribution is 0.446. The molecule has 3 aromatic rings. The van der Waals surface area contributed by atoms with Gasteiger partial charge in [0.25, 0.3) is 0 Å². The predicted molar refractivity (Wildman–Crippen MR) is 137 cm³/mol. The topological polar surface area (TPSA) is 109 Å². The molecule has 0 bridgehead atoms. The van der Waals surface area contributed by atoms with Gasteiger partial charge in [-0.15, -0.1) is 0 Å². The number of piperidine rings is 2. The third-order valence-electron chi connectivity index (χ3n) is 6.59. The maximum atomic E-state index is 6.29. The Bertz CT molecular complexity index is 1010. The van der Waals surface area contributed by atoms with Crippen LogP contribution in [0.5, 0.6) is 0 Å². The van der Waals surface area contributed by atoms with E-state index in [-0.39, 0.29) is 18.1 Å². The van der Waals surface area contributed by atoms with Crippen molar-refractivity contribution >= 4 is 17.8 Å². The zero-order chi connectivity index (χ0) is 23.3. The lowest BCUT2D eigenvalue weighted by atomic mass is 9.99. The molecule has 178 valence electrons. The number of hydrogen-bond acceptors (Lipinski definition) is 8. The van der Waals surface area contributed by atoms with Gasteiger partial charge in [-0.2, -0.15) is 15.0 Å². The Morgan fingerprint density at radius 3 is 1.79 bits per heavy atom. The first-order valence-electron chi connectivity index (χ1n) is 12.3. The summed E-state index contributed by atoms with van der Waals surface area (Å²) >= 11 is 0. The Morgan fingerprint density at radius 1 is 0.706 bits per heavy atom. The Labute approximate surface area is 201 Å². The zero-order valence-corrected chi connectivity index (χ0v) is 19.6. The molecule has 3 heterocycles. The molecule has 2 atom stereocenters. The number of anilines is 3. The lowest BCUT2D eigenvalue weighted by Gasteiger charge is -2.35. The predicted octanol–water partition coefficient (Wildman–Crippen LogP) is 2.93. The van der Waals surface area contributed by atoms with E-state index in [0.717, 1.165) is 49.4 Å². The summed E-state index contributed by atoms with van der Waals surface area (Å²) in [6.07, 6.45) is 4.37. The maximum Gasteiger partial charge on any atom is 0.232 e. The van der Waals surface area contributed by atoms with Crippen LogP contribution in [-0.2, 0) is 0 Å². The van der Waals surface area contributed by atoms with Gasteiger partial charge in [0, 0.05) is 38.3 Å². The molecule has 0 unspecified atom stereocenters. The van der Waals surface area contributed by atoms with Gasteiger partial charge in [0.2, 0.25) is 17.8 Å². The second kappa shape index (κ2) is 10.4. The SMILES string of the molecule is N[C@@H]1C[C@H](N)CN(c2nc(NC(c3ccccc3)c3ccccc3)nc(N3CCCCC3)n2)C1. The third kappa shape index (κ3) is 5.29. The fourth-order valence-corrected chi connectivity index (χ4v) is 4.92. The molecule has 0 amide bonds. The van der Waals surface area contributed by atoms with Crippen molar-refractivity contribution in [1.82, 2.24) is 15.0 Å². The van der Waals surface area contributed by atoms with E-state index < -0.39 is 0 Å². The van der Waals surface area contributed by atoms with Crippen molar-refractivity contribution in [2.45, 2.75) is 43.8 Å². The van der Waals surface area contributed by atoms with Crippen LogP contribution < -0.4 is 26.6 Å². The van der Waals surface area contributed by atoms with Crippen molar-refractivity contribution in [2.24, 2.45) is 11.5 Å².